The van der Waals surface area contributed by atoms with Crippen LogP contribution in [0.5, 0.6) is 0 Å². The molecule has 2 amide bonds. The van der Waals surface area contributed by atoms with Gasteiger partial charge in [-0.3, -0.25) is 24.7 Å². The molecule has 3 aromatic carbocycles. The van der Waals surface area contributed by atoms with Crippen LogP contribution >= 0.6 is 0 Å². The van der Waals surface area contributed by atoms with Crippen LogP contribution in [0.2, 0.25) is 0 Å². The number of nitrogens with one attached hydrogen (secondary N) is 1. The highest BCUT2D eigenvalue weighted by Crippen LogP contribution is 2.38. The third kappa shape index (κ3) is 5.78. The Bertz CT molecular complexity index is 1370. The Labute approximate surface area is 221 Å². The third-order valence-corrected chi connectivity index (χ3v) is 6.36. The standard InChI is InChI=1S/C29H31N5O4/c1-19(2)29(36)33(17-16-32(3)4)22-12-10-21(11-13-22)30-27(20-8-6-5-7-9-20)26-24-18-23(34(37)38)14-15-25(24)31-28(26)35/h5-15,18-19,26H,16-17H2,1-4H3,(H,31,35). The summed E-state index contributed by atoms with van der Waals surface area (Å²) in [6.07, 6.45) is 0. The summed E-state index contributed by atoms with van der Waals surface area (Å²) in [5.41, 5.74) is 3.55. The molecule has 0 radical (unpaired) electrons. The summed E-state index contributed by atoms with van der Waals surface area (Å²) in [5, 5.41) is 14.2. The largest absolute Gasteiger partial charge is 0.325 e. The van der Waals surface area contributed by atoms with E-state index in [9.17, 15) is 19.7 Å². The normalized spacial score (nSPS) is 14.9. The zero-order valence-electron chi connectivity index (χ0n) is 21.9. The number of hydrogen-bond donors (Lipinski definition) is 1. The van der Waals surface area contributed by atoms with Gasteiger partial charge in [0, 0.05) is 48.1 Å². The Hall–Kier alpha value is -4.37. The van der Waals surface area contributed by atoms with Crippen molar-refractivity contribution in [2.24, 2.45) is 10.9 Å². The fourth-order valence-corrected chi connectivity index (χ4v) is 4.36. The molecule has 3 aromatic rings. The molecule has 1 unspecified atom stereocenters. The number of likely N-dealkylation sites (N-methyl/N-ethyl adjacent to an activating group) is 1. The number of nitro groups is 1. The summed E-state index contributed by atoms with van der Waals surface area (Å²) in [7, 11) is 3.93. The van der Waals surface area contributed by atoms with Crippen LogP contribution in [0.1, 0.15) is 30.9 Å². The van der Waals surface area contributed by atoms with Crippen molar-refractivity contribution >= 4 is 40.3 Å². The van der Waals surface area contributed by atoms with Crippen LogP contribution < -0.4 is 10.2 Å². The molecule has 1 aliphatic rings. The van der Waals surface area contributed by atoms with Crippen LogP contribution in [-0.2, 0) is 9.59 Å². The second-order valence-corrected chi connectivity index (χ2v) is 9.78. The maximum absolute atomic E-state index is 13.1. The minimum atomic E-state index is -0.814. The second-order valence-electron chi connectivity index (χ2n) is 9.78. The van der Waals surface area contributed by atoms with Gasteiger partial charge in [-0.2, -0.15) is 0 Å². The lowest BCUT2D eigenvalue weighted by atomic mass is 9.90. The van der Waals surface area contributed by atoms with E-state index in [0.29, 0.717) is 29.2 Å². The van der Waals surface area contributed by atoms with E-state index in [4.69, 9.17) is 4.99 Å². The molecule has 0 fully saturated rings. The number of benzene rings is 3. The van der Waals surface area contributed by atoms with Crippen LogP contribution in [0.3, 0.4) is 0 Å². The Morgan fingerprint density at radius 2 is 1.71 bits per heavy atom. The first-order valence-corrected chi connectivity index (χ1v) is 12.4. The Morgan fingerprint density at radius 1 is 1.03 bits per heavy atom. The summed E-state index contributed by atoms with van der Waals surface area (Å²) in [5.74, 6) is -1.22. The lowest BCUT2D eigenvalue weighted by Crippen LogP contribution is -2.39. The van der Waals surface area contributed by atoms with Crippen molar-refractivity contribution in [1.29, 1.82) is 0 Å². The maximum Gasteiger partial charge on any atom is 0.269 e. The predicted molar refractivity (Wildman–Crippen MR) is 149 cm³/mol. The molecule has 9 heteroatoms. The van der Waals surface area contributed by atoms with Gasteiger partial charge < -0.3 is 15.1 Å². The number of amides is 2. The van der Waals surface area contributed by atoms with E-state index >= 15 is 0 Å². The summed E-state index contributed by atoms with van der Waals surface area (Å²) < 4.78 is 0. The first-order chi connectivity index (χ1) is 18.2. The van der Waals surface area contributed by atoms with Gasteiger partial charge in [0.2, 0.25) is 11.8 Å². The lowest BCUT2D eigenvalue weighted by molar-refractivity contribution is -0.384. The van der Waals surface area contributed by atoms with Crippen LogP contribution in [0.4, 0.5) is 22.7 Å². The van der Waals surface area contributed by atoms with Gasteiger partial charge in [-0.25, -0.2) is 0 Å². The van der Waals surface area contributed by atoms with Crippen molar-refractivity contribution in [3.8, 4) is 0 Å². The molecule has 1 N–H and O–H groups in total. The monoisotopic (exact) mass is 513 g/mol. The number of rotatable bonds is 9. The average molecular weight is 514 g/mol. The van der Waals surface area contributed by atoms with Gasteiger partial charge in [0.1, 0.15) is 5.92 Å². The van der Waals surface area contributed by atoms with E-state index in [1.165, 1.54) is 12.1 Å². The first kappa shape index (κ1) is 26.7. The number of carbonyl (C=O) groups excluding carboxylic acids is 2. The fourth-order valence-electron chi connectivity index (χ4n) is 4.36. The van der Waals surface area contributed by atoms with Crippen LogP contribution in [0, 0.1) is 16.0 Å². The summed E-state index contributed by atoms with van der Waals surface area (Å²) in [4.78, 5) is 45.6. The smallest absolute Gasteiger partial charge is 0.269 e. The van der Waals surface area contributed by atoms with E-state index < -0.39 is 10.8 Å². The number of non-ortho nitro benzene ring substituents is 1. The summed E-state index contributed by atoms with van der Waals surface area (Å²) >= 11 is 0. The minimum absolute atomic E-state index is 0.0360. The van der Waals surface area contributed by atoms with E-state index in [0.717, 1.165) is 17.8 Å². The quantitative estimate of drug-likeness (QED) is 0.246. The van der Waals surface area contributed by atoms with E-state index in [2.05, 4.69) is 5.32 Å². The van der Waals surface area contributed by atoms with Gasteiger partial charge >= 0.3 is 0 Å². The highest BCUT2D eigenvalue weighted by Gasteiger charge is 2.36. The molecule has 0 bridgehead atoms. The summed E-state index contributed by atoms with van der Waals surface area (Å²) in [6.45, 7) is 5.04. The van der Waals surface area contributed by atoms with Crippen LogP contribution in [0.25, 0.3) is 0 Å². The maximum atomic E-state index is 13.1. The SMILES string of the molecule is CC(C)C(=O)N(CCN(C)C)c1ccc(N=C(c2ccccc2)C2C(=O)Nc3ccc([N+](=O)[O-])cc32)cc1. The van der Waals surface area contributed by atoms with E-state index in [1.807, 2.05) is 87.4 Å². The molecule has 9 nitrogen and oxygen atoms in total. The number of aliphatic imine (C=N–C) groups is 1. The van der Waals surface area contributed by atoms with Crippen molar-refractivity contribution in [1.82, 2.24) is 4.90 Å². The van der Waals surface area contributed by atoms with Crippen molar-refractivity contribution in [2.75, 3.05) is 37.4 Å². The van der Waals surface area contributed by atoms with E-state index in [1.54, 1.807) is 11.0 Å². The molecule has 0 spiro atoms. The molecule has 0 aliphatic carbocycles. The minimum Gasteiger partial charge on any atom is -0.325 e. The molecule has 0 saturated heterocycles. The van der Waals surface area contributed by atoms with E-state index in [-0.39, 0.29) is 23.4 Å². The average Bonchev–Trinajstić information content (AvgIpc) is 3.23. The molecule has 196 valence electrons. The zero-order valence-corrected chi connectivity index (χ0v) is 21.9. The number of anilines is 2. The van der Waals surface area contributed by atoms with Crippen molar-refractivity contribution < 1.29 is 14.5 Å². The molecular formula is C29H31N5O4. The highest BCUT2D eigenvalue weighted by molar-refractivity contribution is 6.24. The predicted octanol–water partition coefficient (Wildman–Crippen LogP) is 5.00. The highest BCUT2D eigenvalue weighted by atomic mass is 16.6. The number of fused-ring (bicyclic) bond motifs is 1. The molecule has 0 aromatic heterocycles. The van der Waals surface area contributed by atoms with Gasteiger partial charge in [-0.15, -0.1) is 0 Å². The number of hydrogen-bond acceptors (Lipinski definition) is 6. The Balaban J connectivity index is 1.75. The second kappa shape index (κ2) is 11.4. The van der Waals surface area contributed by atoms with Crippen LogP contribution in [-0.4, -0.2) is 54.5 Å². The van der Waals surface area contributed by atoms with Gasteiger partial charge in [0.25, 0.3) is 5.69 Å². The van der Waals surface area contributed by atoms with Gasteiger partial charge in [-0.05, 0) is 50.0 Å². The zero-order chi connectivity index (χ0) is 27.4. The molecule has 0 saturated carbocycles. The Morgan fingerprint density at radius 3 is 2.32 bits per heavy atom. The molecule has 38 heavy (non-hydrogen) atoms. The molecule has 1 aliphatic heterocycles. The molecule has 1 atom stereocenters. The number of nitrogens with zero attached hydrogens (tertiary/aromatic N) is 4. The topological polar surface area (TPSA) is 108 Å². The molecule has 4 rings (SSSR count). The molecule has 1 heterocycles. The number of nitro benzene ring substituents is 1. The van der Waals surface area contributed by atoms with Gasteiger partial charge in [-0.1, -0.05) is 44.2 Å². The third-order valence-electron chi connectivity index (χ3n) is 6.36. The van der Waals surface area contributed by atoms with Crippen molar-refractivity contribution in [2.45, 2.75) is 19.8 Å². The first-order valence-electron chi connectivity index (χ1n) is 12.4. The lowest BCUT2D eigenvalue weighted by Gasteiger charge is -2.26. The fraction of sp³-hybridized carbons (Fsp3) is 0.276. The Kier molecular flexibility index (Phi) is 7.97. The van der Waals surface area contributed by atoms with Gasteiger partial charge in [0.15, 0.2) is 0 Å². The van der Waals surface area contributed by atoms with Crippen molar-refractivity contribution in [3.63, 3.8) is 0 Å². The van der Waals surface area contributed by atoms with Gasteiger partial charge in [0.05, 0.1) is 16.3 Å². The summed E-state index contributed by atoms with van der Waals surface area (Å²) in [6, 6.07) is 21.0. The molecular weight excluding hydrogens is 482 g/mol. The van der Waals surface area contributed by atoms with Crippen LogP contribution in [0.15, 0.2) is 77.8 Å². The number of carbonyl (C=O) groups is 2. The van der Waals surface area contributed by atoms with Crippen molar-refractivity contribution in [3.05, 3.63) is 94.0 Å².